The summed E-state index contributed by atoms with van der Waals surface area (Å²) in [6.45, 7) is 0.994. The molecule has 0 saturated heterocycles. The van der Waals surface area contributed by atoms with Gasteiger partial charge in [0.25, 0.3) is 0 Å². The first kappa shape index (κ1) is 13.6. The van der Waals surface area contributed by atoms with Gasteiger partial charge in [-0.2, -0.15) is 0 Å². The van der Waals surface area contributed by atoms with Gasteiger partial charge < -0.3 is 14.8 Å². The van der Waals surface area contributed by atoms with Gasteiger partial charge in [0.15, 0.2) is 11.5 Å². The van der Waals surface area contributed by atoms with Crippen molar-refractivity contribution in [2.24, 2.45) is 0 Å². The van der Waals surface area contributed by atoms with Gasteiger partial charge in [-0.25, -0.2) is 4.79 Å². The van der Waals surface area contributed by atoms with Crippen molar-refractivity contribution in [2.45, 2.75) is 6.42 Å². The molecule has 17 heavy (non-hydrogen) atoms. The van der Waals surface area contributed by atoms with Gasteiger partial charge in [0.1, 0.15) is 5.94 Å². The Kier molecular flexibility index (Phi) is 5.04. The molecule has 1 aromatic rings. The quantitative estimate of drug-likeness (QED) is 0.832. The van der Waals surface area contributed by atoms with Gasteiger partial charge in [-0.3, -0.25) is 0 Å². The molecule has 0 aliphatic carbocycles. The second-order valence-corrected chi connectivity index (χ2v) is 3.50. The molecule has 0 amide bonds. The van der Waals surface area contributed by atoms with Crippen LogP contribution in [0.3, 0.4) is 0 Å². The first-order chi connectivity index (χ1) is 7.85. The van der Waals surface area contributed by atoms with Crippen molar-refractivity contribution in [3.8, 4) is 11.5 Å². The molecule has 0 bridgehead atoms. The Morgan fingerprint density at radius 3 is 2.88 bits per heavy atom. The molecule has 1 aromatic carbocycles. The smallest absolute Gasteiger partial charge is 0.231 e. The predicted octanol–water partition coefficient (Wildman–Crippen LogP) is 1.66. The highest BCUT2D eigenvalue weighted by molar-refractivity contribution is 5.88. The minimum atomic E-state index is 0. The molecule has 1 heterocycles. The molecule has 92 valence electrons. The summed E-state index contributed by atoms with van der Waals surface area (Å²) in [7, 11) is 1.85. The lowest BCUT2D eigenvalue weighted by molar-refractivity contribution is 0.174. The molecule has 1 N–H and O–H groups in total. The summed E-state index contributed by atoms with van der Waals surface area (Å²) in [6.07, 6.45) is 0.652. The van der Waals surface area contributed by atoms with E-state index < -0.39 is 0 Å². The largest absolute Gasteiger partial charge is 0.454 e. The molecule has 0 aromatic heterocycles. The molecule has 5 heteroatoms. The fraction of sp³-hybridized carbons (Fsp3) is 0.333. The van der Waals surface area contributed by atoms with Crippen molar-refractivity contribution in [2.75, 3.05) is 20.4 Å². The van der Waals surface area contributed by atoms with Crippen LogP contribution in [0.1, 0.15) is 12.0 Å². The van der Waals surface area contributed by atoms with Crippen LogP contribution in [0.2, 0.25) is 0 Å². The molecule has 2 rings (SSSR count). The first-order valence-corrected chi connectivity index (χ1v) is 5.13. The van der Waals surface area contributed by atoms with Gasteiger partial charge in [-0.15, -0.1) is 12.4 Å². The van der Waals surface area contributed by atoms with E-state index in [1.54, 1.807) is 0 Å². The summed E-state index contributed by atoms with van der Waals surface area (Å²) in [4.78, 5) is 10.8. The number of hydrogen-bond donors (Lipinski definition) is 1. The fourth-order valence-electron chi connectivity index (χ4n) is 1.59. The number of carbonyl (C=O) groups excluding carboxylic acids is 1. The van der Waals surface area contributed by atoms with Crippen LogP contribution < -0.4 is 14.8 Å². The van der Waals surface area contributed by atoms with Crippen LogP contribution in [0.25, 0.3) is 5.57 Å². The molecule has 0 radical (unpaired) electrons. The minimum Gasteiger partial charge on any atom is -0.454 e. The van der Waals surface area contributed by atoms with Crippen molar-refractivity contribution in [1.82, 2.24) is 5.32 Å². The lowest BCUT2D eigenvalue weighted by Crippen LogP contribution is -2.08. The van der Waals surface area contributed by atoms with Gasteiger partial charge in [0.2, 0.25) is 6.79 Å². The van der Waals surface area contributed by atoms with Crippen LogP contribution >= 0.6 is 12.4 Å². The molecule has 1 aliphatic heterocycles. The van der Waals surface area contributed by atoms with E-state index in [0.717, 1.165) is 17.9 Å². The molecular weight excluding hydrogens is 242 g/mol. The monoisotopic (exact) mass is 255 g/mol. The third-order valence-corrected chi connectivity index (χ3v) is 2.47. The Morgan fingerprint density at radius 1 is 1.41 bits per heavy atom. The maximum atomic E-state index is 10.8. The standard InChI is InChI=1S/C12H13NO3.ClH/c1-13-5-4-10(7-14)9-2-3-11-12(6-9)16-8-15-11;/h2-3,6,13H,4-5,8H2,1H3;1H. The first-order valence-electron chi connectivity index (χ1n) is 5.13. The zero-order chi connectivity index (χ0) is 11.4. The van der Waals surface area contributed by atoms with E-state index in [1.165, 1.54) is 0 Å². The topological polar surface area (TPSA) is 47.6 Å². The van der Waals surface area contributed by atoms with Crippen molar-refractivity contribution < 1.29 is 14.3 Å². The summed E-state index contributed by atoms with van der Waals surface area (Å²) in [5.74, 6) is 3.39. The Morgan fingerprint density at radius 2 is 2.18 bits per heavy atom. The highest BCUT2D eigenvalue weighted by Gasteiger charge is 2.14. The average Bonchev–Trinajstić information content (AvgIpc) is 2.77. The average molecular weight is 256 g/mol. The third kappa shape index (κ3) is 3.01. The molecule has 0 unspecified atom stereocenters. The van der Waals surface area contributed by atoms with E-state index in [4.69, 9.17) is 9.47 Å². The molecule has 0 spiro atoms. The van der Waals surface area contributed by atoms with Gasteiger partial charge in [-0.05, 0) is 37.7 Å². The Balaban J connectivity index is 0.00000144. The van der Waals surface area contributed by atoms with E-state index in [9.17, 15) is 4.79 Å². The van der Waals surface area contributed by atoms with Gasteiger partial charge in [0, 0.05) is 5.57 Å². The van der Waals surface area contributed by atoms with E-state index in [1.807, 2.05) is 31.2 Å². The number of nitrogens with one attached hydrogen (secondary N) is 1. The normalized spacial score (nSPS) is 11.6. The number of halogens is 1. The van der Waals surface area contributed by atoms with Crippen molar-refractivity contribution in [3.05, 3.63) is 23.8 Å². The van der Waals surface area contributed by atoms with Crippen molar-refractivity contribution in [3.63, 3.8) is 0 Å². The summed E-state index contributed by atoms with van der Waals surface area (Å²) in [5.41, 5.74) is 1.49. The highest BCUT2D eigenvalue weighted by atomic mass is 35.5. The van der Waals surface area contributed by atoms with E-state index in [0.29, 0.717) is 17.7 Å². The molecule has 0 fully saturated rings. The summed E-state index contributed by atoms with van der Waals surface area (Å²) < 4.78 is 10.5. The van der Waals surface area contributed by atoms with Crippen LogP contribution in [0.15, 0.2) is 18.2 Å². The number of fused-ring (bicyclic) bond motifs is 1. The zero-order valence-corrected chi connectivity index (χ0v) is 10.3. The lowest BCUT2D eigenvalue weighted by Gasteiger charge is -2.04. The van der Waals surface area contributed by atoms with Gasteiger partial charge >= 0.3 is 0 Å². The van der Waals surface area contributed by atoms with Crippen LogP contribution in [0.4, 0.5) is 0 Å². The Bertz CT molecular complexity index is 441. The lowest BCUT2D eigenvalue weighted by atomic mass is 10.0. The van der Waals surface area contributed by atoms with Crippen LogP contribution in [-0.4, -0.2) is 26.3 Å². The van der Waals surface area contributed by atoms with E-state index in [-0.39, 0.29) is 19.2 Å². The second kappa shape index (κ2) is 6.30. The summed E-state index contributed by atoms with van der Waals surface area (Å²) in [6, 6.07) is 5.48. The third-order valence-electron chi connectivity index (χ3n) is 2.47. The van der Waals surface area contributed by atoms with E-state index in [2.05, 4.69) is 5.32 Å². The summed E-state index contributed by atoms with van der Waals surface area (Å²) >= 11 is 0. The molecule has 0 atom stereocenters. The maximum Gasteiger partial charge on any atom is 0.231 e. The Hall–Kier alpha value is -1.48. The SMILES string of the molecule is CNCCC(=C=O)c1ccc2c(c1)OCO2.Cl. The second-order valence-electron chi connectivity index (χ2n) is 3.50. The maximum absolute atomic E-state index is 10.8. The van der Waals surface area contributed by atoms with Crippen LogP contribution in [0.5, 0.6) is 11.5 Å². The Labute approximate surface area is 106 Å². The number of hydrogen-bond acceptors (Lipinski definition) is 4. The predicted molar refractivity (Wildman–Crippen MR) is 67.5 cm³/mol. The van der Waals surface area contributed by atoms with Crippen LogP contribution in [0, 0.1) is 0 Å². The van der Waals surface area contributed by atoms with Gasteiger partial charge in [-0.1, -0.05) is 6.07 Å². The molecule has 1 aliphatic rings. The van der Waals surface area contributed by atoms with Crippen LogP contribution in [-0.2, 0) is 4.79 Å². The molecule has 4 nitrogen and oxygen atoms in total. The molecule has 0 saturated carbocycles. The zero-order valence-electron chi connectivity index (χ0n) is 9.49. The fourth-order valence-corrected chi connectivity index (χ4v) is 1.59. The number of benzene rings is 1. The minimum absolute atomic E-state index is 0. The molecular formula is C12H14ClNO3. The van der Waals surface area contributed by atoms with Crippen molar-refractivity contribution >= 4 is 23.9 Å². The highest BCUT2D eigenvalue weighted by Crippen LogP contribution is 2.34. The van der Waals surface area contributed by atoms with E-state index >= 15 is 0 Å². The number of ether oxygens (including phenoxy) is 2. The number of rotatable bonds is 4. The van der Waals surface area contributed by atoms with Gasteiger partial charge in [0.05, 0.1) is 0 Å². The van der Waals surface area contributed by atoms with Crippen molar-refractivity contribution in [1.29, 1.82) is 0 Å². The summed E-state index contributed by atoms with van der Waals surface area (Å²) in [5, 5.41) is 3.00.